The maximum absolute atomic E-state index is 9.31. The molecule has 2 rings (SSSR count). The summed E-state index contributed by atoms with van der Waals surface area (Å²) in [4.78, 5) is 4.32. The molecule has 0 unspecified atom stereocenters. The van der Waals surface area contributed by atoms with Gasteiger partial charge in [-0.05, 0) is 25.3 Å². The molecule has 1 heterocycles. The van der Waals surface area contributed by atoms with Crippen LogP contribution >= 0.6 is 0 Å². The van der Waals surface area contributed by atoms with E-state index in [1.165, 1.54) is 6.42 Å². The Morgan fingerprint density at radius 1 is 1.50 bits per heavy atom. The van der Waals surface area contributed by atoms with Crippen LogP contribution in [-0.4, -0.2) is 29.3 Å². The predicted octanol–water partition coefficient (Wildman–Crippen LogP) is 1.09. The molecule has 0 radical (unpaired) electrons. The van der Waals surface area contributed by atoms with Crippen molar-refractivity contribution in [3.63, 3.8) is 0 Å². The van der Waals surface area contributed by atoms with E-state index in [0.29, 0.717) is 12.4 Å². The van der Waals surface area contributed by atoms with Gasteiger partial charge in [0.25, 0.3) is 0 Å². The Hall–Kier alpha value is -1.13. The molecule has 0 aromatic carbocycles. The van der Waals surface area contributed by atoms with E-state index in [9.17, 15) is 5.11 Å². The van der Waals surface area contributed by atoms with Crippen LogP contribution in [0, 0.1) is 0 Å². The smallest absolute Gasteiger partial charge is 0.213 e. The van der Waals surface area contributed by atoms with Crippen LogP contribution in [0.4, 0.5) is 0 Å². The highest BCUT2D eigenvalue weighted by atomic mass is 16.5. The highest BCUT2D eigenvalue weighted by molar-refractivity contribution is 5.16. The molecule has 0 aliphatic heterocycles. The summed E-state index contributed by atoms with van der Waals surface area (Å²) in [6, 6.07) is 5.71. The van der Waals surface area contributed by atoms with Crippen molar-refractivity contribution < 1.29 is 9.84 Å². The van der Waals surface area contributed by atoms with Gasteiger partial charge < -0.3 is 15.2 Å². The Labute approximate surface area is 95.7 Å². The summed E-state index contributed by atoms with van der Waals surface area (Å²) < 4.78 is 5.07. The quantitative estimate of drug-likeness (QED) is 0.783. The average molecular weight is 222 g/mol. The maximum atomic E-state index is 9.31. The second-order valence-electron chi connectivity index (χ2n) is 4.32. The van der Waals surface area contributed by atoms with Gasteiger partial charge >= 0.3 is 0 Å². The Kier molecular flexibility index (Phi) is 3.41. The van der Waals surface area contributed by atoms with Crippen LogP contribution in [0.2, 0.25) is 0 Å². The number of aliphatic hydroxyl groups excluding tert-OH is 1. The van der Waals surface area contributed by atoms with E-state index in [1.54, 1.807) is 7.11 Å². The van der Waals surface area contributed by atoms with Crippen LogP contribution in [0.15, 0.2) is 18.2 Å². The number of nitrogens with zero attached hydrogens (tertiary/aromatic N) is 1. The fraction of sp³-hybridized carbons (Fsp3) is 0.583. The lowest BCUT2D eigenvalue weighted by molar-refractivity contribution is 0.0868. The molecule has 0 bridgehead atoms. The number of hydrogen-bond acceptors (Lipinski definition) is 4. The first kappa shape index (κ1) is 11.4. The van der Waals surface area contributed by atoms with Crippen molar-refractivity contribution in [1.82, 2.24) is 10.3 Å². The van der Waals surface area contributed by atoms with Crippen molar-refractivity contribution in [2.24, 2.45) is 0 Å². The lowest BCUT2D eigenvalue weighted by atomic mass is 9.77. The van der Waals surface area contributed by atoms with Crippen LogP contribution < -0.4 is 10.1 Å². The standard InChI is InChI=1S/C12H18N2O2/c1-16-11-5-2-4-10(14-11)8-13-12(9-15)6-3-7-12/h2,4-5,13,15H,3,6-9H2,1H3. The van der Waals surface area contributed by atoms with Crippen molar-refractivity contribution in [3.8, 4) is 5.88 Å². The van der Waals surface area contributed by atoms with Crippen LogP contribution in [0.3, 0.4) is 0 Å². The molecule has 1 fully saturated rings. The Morgan fingerprint density at radius 2 is 2.31 bits per heavy atom. The summed E-state index contributed by atoms with van der Waals surface area (Å²) >= 11 is 0. The van der Waals surface area contributed by atoms with Crippen molar-refractivity contribution in [2.75, 3.05) is 13.7 Å². The molecule has 1 aliphatic rings. The molecule has 88 valence electrons. The number of hydrogen-bond donors (Lipinski definition) is 2. The lowest BCUT2D eigenvalue weighted by Gasteiger charge is -2.41. The Morgan fingerprint density at radius 3 is 2.88 bits per heavy atom. The van der Waals surface area contributed by atoms with Crippen LogP contribution in [0.1, 0.15) is 25.0 Å². The maximum Gasteiger partial charge on any atom is 0.213 e. The van der Waals surface area contributed by atoms with E-state index < -0.39 is 0 Å². The fourth-order valence-corrected chi connectivity index (χ4v) is 1.94. The molecule has 4 heteroatoms. The molecule has 2 N–H and O–H groups in total. The number of ether oxygens (including phenoxy) is 1. The minimum Gasteiger partial charge on any atom is -0.481 e. The third-order valence-electron chi connectivity index (χ3n) is 3.25. The minimum atomic E-state index is -0.0647. The van der Waals surface area contributed by atoms with E-state index in [1.807, 2.05) is 18.2 Å². The minimum absolute atomic E-state index is 0.0647. The van der Waals surface area contributed by atoms with Gasteiger partial charge in [0.05, 0.1) is 19.4 Å². The third kappa shape index (κ3) is 2.33. The largest absolute Gasteiger partial charge is 0.481 e. The van der Waals surface area contributed by atoms with Gasteiger partial charge in [0.15, 0.2) is 0 Å². The van der Waals surface area contributed by atoms with E-state index in [0.717, 1.165) is 18.5 Å². The first-order chi connectivity index (χ1) is 7.78. The van der Waals surface area contributed by atoms with Crippen molar-refractivity contribution in [3.05, 3.63) is 23.9 Å². The number of pyridine rings is 1. The molecule has 1 aromatic rings. The zero-order chi connectivity index (χ0) is 11.4. The zero-order valence-corrected chi connectivity index (χ0v) is 9.57. The van der Waals surface area contributed by atoms with Crippen molar-refractivity contribution in [1.29, 1.82) is 0 Å². The van der Waals surface area contributed by atoms with Crippen LogP contribution in [0.25, 0.3) is 0 Å². The fourth-order valence-electron chi connectivity index (χ4n) is 1.94. The molecule has 16 heavy (non-hydrogen) atoms. The molecule has 4 nitrogen and oxygen atoms in total. The molecular weight excluding hydrogens is 204 g/mol. The monoisotopic (exact) mass is 222 g/mol. The van der Waals surface area contributed by atoms with Gasteiger partial charge in [-0.15, -0.1) is 0 Å². The molecule has 1 saturated carbocycles. The van der Waals surface area contributed by atoms with Gasteiger partial charge in [0, 0.05) is 18.2 Å². The Bertz CT molecular complexity index is 345. The normalized spacial score (nSPS) is 17.9. The van der Waals surface area contributed by atoms with Crippen molar-refractivity contribution >= 4 is 0 Å². The van der Waals surface area contributed by atoms with Gasteiger partial charge in [0.1, 0.15) is 0 Å². The second-order valence-corrected chi connectivity index (χ2v) is 4.32. The van der Waals surface area contributed by atoms with Gasteiger partial charge in [-0.3, -0.25) is 0 Å². The number of aliphatic hydroxyl groups is 1. The molecule has 1 aliphatic carbocycles. The van der Waals surface area contributed by atoms with Crippen molar-refractivity contribution in [2.45, 2.75) is 31.3 Å². The van der Waals surface area contributed by atoms with Gasteiger partial charge in [-0.1, -0.05) is 6.07 Å². The molecule has 0 spiro atoms. The molecule has 0 atom stereocenters. The molecule has 1 aromatic heterocycles. The SMILES string of the molecule is COc1cccc(CNC2(CO)CCC2)n1. The summed E-state index contributed by atoms with van der Waals surface area (Å²) in [6.45, 7) is 0.884. The highest BCUT2D eigenvalue weighted by Crippen LogP contribution is 2.31. The summed E-state index contributed by atoms with van der Waals surface area (Å²) in [5, 5.41) is 12.7. The number of methoxy groups -OCH3 is 1. The van der Waals surface area contributed by atoms with Gasteiger partial charge in [-0.2, -0.15) is 0 Å². The van der Waals surface area contributed by atoms with Gasteiger partial charge in [-0.25, -0.2) is 4.98 Å². The summed E-state index contributed by atoms with van der Waals surface area (Å²) in [5.74, 6) is 0.631. The van der Waals surface area contributed by atoms with Crippen LogP contribution in [0.5, 0.6) is 5.88 Å². The molecule has 0 saturated heterocycles. The van der Waals surface area contributed by atoms with E-state index in [2.05, 4.69) is 10.3 Å². The summed E-state index contributed by atoms with van der Waals surface area (Å²) in [6.07, 6.45) is 3.29. The van der Waals surface area contributed by atoms with E-state index in [4.69, 9.17) is 4.74 Å². The predicted molar refractivity (Wildman–Crippen MR) is 61.3 cm³/mol. The van der Waals surface area contributed by atoms with Gasteiger partial charge in [0.2, 0.25) is 5.88 Å². The highest BCUT2D eigenvalue weighted by Gasteiger charge is 2.35. The summed E-state index contributed by atoms with van der Waals surface area (Å²) in [7, 11) is 1.61. The zero-order valence-electron chi connectivity index (χ0n) is 9.57. The third-order valence-corrected chi connectivity index (χ3v) is 3.25. The average Bonchev–Trinajstić information content (AvgIpc) is 2.29. The number of nitrogens with one attached hydrogen (secondary N) is 1. The number of aromatic nitrogens is 1. The van der Waals surface area contributed by atoms with Crippen LogP contribution in [-0.2, 0) is 6.54 Å². The van der Waals surface area contributed by atoms with E-state index in [-0.39, 0.29) is 12.1 Å². The summed E-state index contributed by atoms with van der Waals surface area (Å²) in [5.41, 5.74) is 0.879. The Balaban J connectivity index is 1.93. The first-order valence-corrected chi connectivity index (χ1v) is 5.64. The molecule has 0 amide bonds. The lowest BCUT2D eigenvalue weighted by Crippen LogP contribution is -2.53. The topological polar surface area (TPSA) is 54.4 Å². The first-order valence-electron chi connectivity index (χ1n) is 5.64. The number of rotatable bonds is 5. The second kappa shape index (κ2) is 4.80. The molecular formula is C12H18N2O2. The van der Waals surface area contributed by atoms with E-state index >= 15 is 0 Å².